The van der Waals surface area contributed by atoms with Crippen molar-refractivity contribution in [1.29, 1.82) is 0 Å². The Bertz CT molecular complexity index is 272. The van der Waals surface area contributed by atoms with Crippen LogP contribution in [0.5, 0.6) is 0 Å². The first-order chi connectivity index (χ1) is 7.75. The van der Waals surface area contributed by atoms with E-state index in [0.717, 1.165) is 32.4 Å². The Labute approximate surface area is 95.3 Å². The fourth-order valence-corrected chi connectivity index (χ4v) is 2.28. The molecule has 0 saturated carbocycles. The van der Waals surface area contributed by atoms with Gasteiger partial charge in [-0.15, -0.1) is 0 Å². The monoisotopic (exact) mass is 225 g/mol. The fraction of sp³-hybridized carbons (Fsp3) is 0.818. The van der Waals surface area contributed by atoms with Gasteiger partial charge in [0.2, 0.25) is 11.8 Å². The third kappa shape index (κ3) is 2.95. The maximum absolute atomic E-state index is 11.8. The first-order valence-electron chi connectivity index (χ1n) is 6.06. The lowest BCUT2D eigenvalue weighted by atomic mass is 10.1. The van der Waals surface area contributed by atoms with Gasteiger partial charge in [-0.1, -0.05) is 0 Å². The molecule has 0 aromatic carbocycles. The van der Waals surface area contributed by atoms with Gasteiger partial charge in [0, 0.05) is 12.5 Å². The van der Waals surface area contributed by atoms with Gasteiger partial charge < -0.3 is 16.0 Å². The summed E-state index contributed by atoms with van der Waals surface area (Å²) in [6.45, 7) is 1.99. The molecule has 16 heavy (non-hydrogen) atoms. The highest BCUT2D eigenvalue weighted by Gasteiger charge is 2.28. The molecule has 5 nitrogen and oxygen atoms in total. The van der Waals surface area contributed by atoms with Crippen molar-refractivity contribution in [2.75, 3.05) is 13.1 Å². The molecule has 0 aromatic heterocycles. The van der Waals surface area contributed by atoms with Crippen molar-refractivity contribution in [2.24, 2.45) is 0 Å². The average molecular weight is 225 g/mol. The van der Waals surface area contributed by atoms with Crippen LogP contribution in [0.4, 0.5) is 0 Å². The van der Waals surface area contributed by atoms with Crippen molar-refractivity contribution in [1.82, 2.24) is 16.0 Å². The van der Waals surface area contributed by atoms with Gasteiger partial charge in [0.1, 0.15) is 6.04 Å². The quantitative estimate of drug-likeness (QED) is 0.594. The van der Waals surface area contributed by atoms with E-state index in [1.54, 1.807) is 0 Å². The number of carbonyl (C=O) groups excluding carboxylic acids is 2. The summed E-state index contributed by atoms with van der Waals surface area (Å²) >= 11 is 0. The van der Waals surface area contributed by atoms with Gasteiger partial charge in [0.05, 0.1) is 0 Å². The van der Waals surface area contributed by atoms with Crippen LogP contribution in [0, 0.1) is 0 Å². The number of rotatable bonds is 2. The molecule has 0 bridgehead atoms. The van der Waals surface area contributed by atoms with Gasteiger partial charge in [0.25, 0.3) is 0 Å². The lowest BCUT2D eigenvalue weighted by Crippen LogP contribution is -2.46. The second-order valence-corrected chi connectivity index (χ2v) is 4.55. The third-order valence-electron chi connectivity index (χ3n) is 3.23. The molecule has 2 atom stereocenters. The number of hydrogen-bond donors (Lipinski definition) is 3. The van der Waals surface area contributed by atoms with Gasteiger partial charge in [-0.2, -0.15) is 0 Å². The first kappa shape index (κ1) is 11.4. The number of carbonyl (C=O) groups is 2. The average Bonchev–Trinajstić information content (AvgIpc) is 2.54. The second kappa shape index (κ2) is 5.30. The lowest BCUT2D eigenvalue weighted by molar-refractivity contribution is -0.126. The molecule has 2 fully saturated rings. The predicted octanol–water partition coefficient (Wildman–Crippen LogP) is -0.477. The van der Waals surface area contributed by atoms with Crippen molar-refractivity contribution in [3.63, 3.8) is 0 Å². The maximum Gasteiger partial charge on any atom is 0.242 e. The van der Waals surface area contributed by atoms with Crippen LogP contribution in [-0.4, -0.2) is 37.0 Å². The second-order valence-electron chi connectivity index (χ2n) is 4.55. The van der Waals surface area contributed by atoms with E-state index in [1.807, 2.05) is 0 Å². The fourth-order valence-electron chi connectivity index (χ4n) is 2.28. The van der Waals surface area contributed by atoms with Crippen LogP contribution in [0.2, 0.25) is 0 Å². The van der Waals surface area contributed by atoms with E-state index in [2.05, 4.69) is 16.0 Å². The van der Waals surface area contributed by atoms with E-state index in [9.17, 15) is 9.59 Å². The summed E-state index contributed by atoms with van der Waals surface area (Å²) in [6.07, 6.45) is 4.22. The molecular weight excluding hydrogens is 206 g/mol. The molecule has 2 amide bonds. The van der Waals surface area contributed by atoms with E-state index < -0.39 is 0 Å². The summed E-state index contributed by atoms with van der Waals surface area (Å²) in [5.74, 6) is -0.0274. The molecule has 2 aliphatic heterocycles. The molecule has 0 spiro atoms. The Kier molecular flexibility index (Phi) is 3.77. The Morgan fingerprint density at radius 3 is 2.88 bits per heavy atom. The Morgan fingerprint density at radius 1 is 1.25 bits per heavy atom. The summed E-state index contributed by atoms with van der Waals surface area (Å²) in [4.78, 5) is 22.8. The summed E-state index contributed by atoms with van der Waals surface area (Å²) < 4.78 is 0. The minimum Gasteiger partial charge on any atom is -0.352 e. The standard InChI is InChI=1S/C11H19N3O2/c15-10-4-3-9(14-10)11(16)13-8-2-1-6-12-7-5-8/h8-9,12H,1-7H2,(H,13,16)(H,14,15)/t8?,9-/m0/s1. The summed E-state index contributed by atoms with van der Waals surface area (Å²) in [5.41, 5.74) is 0. The Hall–Kier alpha value is -1.10. The van der Waals surface area contributed by atoms with Crippen molar-refractivity contribution < 1.29 is 9.59 Å². The minimum atomic E-state index is -0.302. The largest absolute Gasteiger partial charge is 0.352 e. The van der Waals surface area contributed by atoms with E-state index in [1.165, 1.54) is 0 Å². The van der Waals surface area contributed by atoms with Crippen LogP contribution in [0.15, 0.2) is 0 Å². The van der Waals surface area contributed by atoms with Gasteiger partial charge in [-0.25, -0.2) is 0 Å². The first-order valence-corrected chi connectivity index (χ1v) is 6.06. The number of amides is 2. The van der Waals surface area contributed by atoms with Crippen LogP contribution in [0.1, 0.15) is 32.1 Å². The van der Waals surface area contributed by atoms with Crippen LogP contribution >= 0.6 is 0 Å². The minimum absolute atomic E-state index is 0.0114. The zero-order valence-corrected chi connectivity index (χ0v) is 9.42. The number of hydrogen-bond acceptors (Lipinski definition) is 3. The topological polar surface area (TPSA) is 70.2 Å². The van der Waals surface area contributed by atoms with Crippen LogP contribution < -0.4 is 16.0 Å². The molecule has 2 saturated heterocycles. The molecule has 0 radical (unpaired) electrons. The van der Waals surface area contributed by atoms with Crippen molar-refractivity contribution >= 4 is 11.8 Å². The maximum atomic E-state index is 11.8. The van der Waals surface area contributed by atoms with E-state index >= 15 is 0 Å². The predicted molar refractivity (Wildman–Crippen MR) is 59.8 cm³/mol. The van der Waals surface area contributed by atoms with Crippen molar-refractivity contribution in [2.45, 2.75) is 44.2 Å². The normalized spacial score (nSPS) is 30.6. The molecule has 2 heterocycles. The Morgan fingerprint density at radius 2 is 2.12 bits per heavy atom. The summed E-state index contributed by atoms with van der Waals surface area (Å²) in [5, 5.41) is 9.03. The number of nitrogens with one attached hydrogen (secondary N) is 3. The third-order valence-corrected chi connectivity index (χ3v) is 3.23. The van der Waals surface area contributed by atoms with Crippen molar-refractivity contribution in [3.8, 4) is 0 Å². The SMILES string of the molecule is O=C1CC[C@@H](C(=O)NC2CCCNCC2)N1. The van der Waals surface area contributed by atoms with Crippen LogP contribution in [0.3, 0.4) is 0 Å². The van der Waals surface area contributed by atoms with Gasteiger partial charge in [-0.05, 0) is 38.8 Å². The molecule has 2 rings (SSSR count). The van der Waals surface area contributed by atoms with Gasteiger partial charge >= 0.3 is 0 Å². The molecule has 3 N–H and O–H groups in total. The molecule has 1 unspecified atom stereocenters. The van der Waals surface area contributed by atoms with E-state index in [0.29, 0.717) is 12.8 Å². The van der Waals surface area contributed by atoms with Crippen LogP contribution in [-0.2, 0) is 9.59 Å². The molecule has 2 aliphatic rings. The summed E-state index contributed by atoms with van der Waals surface area (Å²) in [7, 11) is 0. The van der Waals surface area contributed by atoms with Gasteiger partial charge in [-0.3, -0.25) is 9.59 Å². The zero-order chi connectivity index (χ0) is 11.4. The summed E-state index contributed by atoms with van der Waals surface area (Å²) in [6, 6.07) is -0.0382. The van der Waals surface area contributed by atoms with E-state index in [-0.39, 0.29) is 23.9 Å². The van der Waals surface area contributed by atoms with Crippen molar-refractivity contribution in [3.05, 3.63) is 0 Å². The molecular formula is C11H19N3O2. The highest BCUT2D eigenvalue weighted by Crippen LogP contribution is 2.09. The molecule has 5 heteroatoms. The van der Waals surface area contributed by atoms with E-state index in [4.69, 9.17) is 0 Å². The molecule has 0 aromatic rings. The Balaban J connectivity index is 1.79. The van der Waals surface area contributed by atoms with Crippen LogP contribution in [0.25, 0.3) is 0 Å². The highest BCUT2D eigenvalue weighted by molar-refractivity contribution is 5.90. The smallest absolute Gasteiger partial charge is 0.242 e. The van der Waals surface area contributed by atoms with Gasteiger partial charge in [0.15, 0.2) is 0 Å². The zero-order valence-electron chi connectivity index (χ0n) is 9.42. The lowest BCUT2D eigenvalue weighted by Gasteiger charge is -2.18. The molecule has 0 aliphatic carbocycles. The molecule has 90 valence electrons. The highest BCUT2D eigenvalue weighted by atomic mass is 16.2.